The van der Waals surface area contributed by atoms with Crippen molar-refractivity contribution in [1.29, 1.82) is 0 Å². The number of aliphatic imine (C=N–C) groups is 1. The van der Waals surface area contributed by atoms with Gasteiger partial charge < -0.3 is 20.0 Å². The molecule has 0 aliphatic heterocycles. The molecular weight excluding hydrogens is 443 g/mol. The summed E-state index contributed by atoms with van der Waals surface area (Å²) in [4.78, 5) is 17.8. The van der Waals surface area contributed by atoms with Crippen molar-refractivity contribution >= 4 is 35.8 Å². The maximum atomic E-state index is 11.8. The third kappa shape index (κ3) is 11.4. The van der Waals surface area contributed by atoms with E-state index in [1.165, 1.54) is 12.8 Å². The molecule has 1 unspecified atom stereocenters. The fraction of sp³-hybridized carbons (Fsp3) is 0.684. The number of nitrogens with zero attached hydrogens (tertiary/aromatic N) is 2. The van der Waals surface area contributed by atoms with Crippen molar-refractivity contribution < 1.29 is 9.21 Å². The molecule has 0 saturated carbocycles. The highest BCUT2D eigenvalue weighted by atomic mass is 127. The molecule has 1 rings (SSSR count). The van der Waals surface area contributed by atoms with Crippen LogP contribution in [0.3, 0.4) is 0 Å². The minimum atomic E-state index is -0.0143. The van der Waals surface area contributed by atoms with E-state index >= 15 is 0 Å². The summed E-state index contributed by atoms with van der Waals surface area (Å²) < 4.78 is 5.34. The van der Waals surface area contributed by atoms with Gasteiger partial charge in [-0.1, -0.05) is 26.7 Å². The van der Waals surface area contributed by atoms with Gasteiger partial charge >= 0.3 is 0 Å². The van der Waals surface area contributed by atoms with E-state index in [1.807, 2.05) is 12.1 Å². The lowest BCUT2D eigenvalue weighted by atomic mass is 10.0. The molecule has 0 saturated heterocycles. The molecule has 0 fully saturated rings. The summed E-state index contributed by atoms with van der Waals surface area (Å²) in [5, 5.41) is 6.69. The number of carbonyl (C=O) groups excluding carboxylic acids is 1. The molecule has 0 aromatic carbocycles. The Labute approximate surface area is 175 Å². The van der Waals surface area contributed by atoms with Crippen LogP contribution in [0.5, 0.6) is 0 Å². The number of carbonyl (C=O) groups is 1. The van der Waals surface area contributed by atoms with E-state index in [0.29, 0.717) is 18.5 Å². The average molecular weight is 478 g/mol. The summed E-state index contributed by atoms with van der Waals surface area (Å²) in [6, 6.07) is 4.15. The van der Waals surface area contributed by atoms with Gasteiger partial charge in [-0.2, -0.15) is 0 Å². The van der Waals surface area contributed by atoms with Gasteiger partial charge in [0.1, 0.15) is 12.3 Å². The number of nitrogens with one attached hydrogen (secondary N) is 2. The lowest BCUT2D eigenvalue weighted by Gasteiger charge is -2.19. The first kappa shape index (κ1) is 24.8. The van der Waals surface area contributed by atoms with E-state index in [9.17, 15) is 4.79 Å². The Morgan fingerprint density at radius 3 is 2.58 bits per heavy atom. The van der Waals surface area contributed by atoms with Gasteiger partial charge in [0, 0.05) is 33.1 Å². The normalized spacial score (nSPS) is 12.5. The monoisotopic (exact) mass is 478 g/mol. The van der Waals surface area contributed by atoms with Crippen molar-refractivity contribution in [3.63, 3.8) is 0 Å². The van der Waals surface area contributed by atoms with Gasteiger partial charge in [-0.15, -0.1) is 24.0 Å². The van der Waals surface area contributed by atoms with Crippen LogP contribution in [0.1, 0.15) is 45.8 Å². The van der Waals surface area contributed by atoms with E-state index in [1.54, 1.807) is 25.3 Å². The Kier molecular flexibility index (Phi) is 13.2. The number of hydrogen-bond acceptors (Lipinski definition) is 3. The van der Waals surface area contributed by atoms with Crippen LogP contribution in [0, 0.1) is 5.92 Å². The lowest BCUT2D eigenvalue weighted by molar-refractivity contribution is -0.127. The second-order valence-corrected chi connectivity index (χ2v) is 7.08. The molecule has 7 heteroatoms. The maximum Gasteiger partial charge on any atom is 0.243 e. The number of likely N-dealkylation sites (N-methyl/N-ethyl adjacent to an activating group) is 1. The molecular formula is C19H35IN4O2. The van der Waals surface area contributed by atoms with Crippen LogP contribution < -0.4 is 10.6 Å². The van der Waals surface area contributed by atoms with Crippen molar-refractivity contribution in [3.8, 4) is 0 Å². The van der Waals surface area contributed by atoms with E-state index in [2.05, 4.69) is 36.4 Å². The Bertz CT molecular complexity index is 516. The third-order valence-corrected chi connectivity index (χ3v) is 3.92. The topological polar surface area (TPSA) is 69.9 Å². The van der Waals surface area contributed by atoms with E-state index in [0.717, 1.165) is 24.5 Å². The van der Waals surface area contributed by atoms with E-state index in [4.69, 9.17) is 4.42 Å². The number of rotatable bonds is 10. The summed E-state index contributed by atoms with van der Waals surface area (Å²) >= 11 is 0. The molecule has 150 valence electrons. The van der Waals surface area contributed by atoms with Crippen LogP contribution in [0.4, 0.5) is 0 Å². The predicted octanol–water partition coefficient (Wildman–Crippen LogP) is 3.28. The first-order valence-electron chi connectivity index (χ1n) is 9.16. The largest absolute Gasteiger partial charge is 0.469 e. The summed E-state index contributed by atoms with van der Waals surface area (Å²) in [5.41, 5.74) is 0. The van der Waals surface area contributed by atoms with Gasteiger partial charge in [0.25, 0.3) is 0 Å². The fourth-order valence-corrected chi connectivity index (χ4v) is 2.34. The highest BCUT2D eigenvalue weighted by Crippen LogP contribution is 2.08. The van der Waals surface area contributed by atoms with Crippen molar-refractivity contribution in [1.82, 2.24) is 15.5 Å². The van der Waals surface area contributed by atoms with Gasteiger partial charge in [-0.3, -0.25) is 4.79 Å². The lowest BCUT2D eigenvalue weighted by Crippen LogP contribution is -2.43. The average Bonchev–Trinajstić information content (AvgIpc) is 3.04. The number of halogens is 1. The van der Waals surface area contributed by atoms with Gasteiger partial charge in [0.15, 0.2) is 5.96 Å². The molecule has 0 spiro atoms. The first-order chi connectivity index (χ1) is 11.9. The highest BCUT2D eigenvalue weighted by molar-refractivity contribution is 14.0. The molecule has 6 nitrogen and oxygen atoms in total. The zero-order valence-corrected chi connectivity index (χ0v) is 19.1. The van der Waals surface area contributed by atoms with Crippen LogP contribution in [-0.4, -0.2) is 50.0 Å². The van der Waals surface area contributed by atoms with Crippen molar-refractivity contribution in [2.24, 2.45) is 10.9 Å². The fourth-order valence-electron chi connectivity index (χ4n) is 2.34. The van der Waals surface area contributed by atoms with E-state index in [-0.39, 0.29) is 36.4 Å². The van der Waals surface area contributed by atoms with Crippen LogP contribution in [0.25, 0.3) is 0 Å². The molecule has 0 radical (unpaired) electrons. The Hall–Kier alpha value is -1.25. The molecule has 0 aliphatic carbocycles. The number of amides is 1. The highest BCUT2D eigenvalue weighted by Gasteiger charge is 2.09. The van der Waals surface area contributed by atoms with Crippen LogP contribution in [0.15, 0.2) is 27.8 Å². The summed E-state index contributed by atoms with van der Waals surface area (Å²) in [7, 11) is 3.48. The number of furan rings is 1. The zero-order valence-electron chi connectivity index (χ0n) is 16.7. The predicted molar refractivity (Wildman–Crippen MR) is 118 cm³/mol. The quantitative estimate of drug-likeness (QED) is 0.308. The molecule has 1 amide bonds. The second kappa shape index (κ2) is 13.9. The Morgan fingerprint density at radius 1 is 1.27 bits per heavy atom. The second-order valence-electron chi connectivity index (χ2n) is 7.08. The molecule has 1 aromatic rings. The molecule has 0 bridgehead atoms. The third-order valence-electron chi connectivity index (χ3n) is 3.92. The smallest absolute Gasteiger partial charge is 0.243 e. The number of guanidine groups is 1. The van der Waals surface area contributed by atoms with Gasteiger partial charge in [-0.25, -0.2) is 4.99 Å². The van der Waals surface area contributed by atoms with Gasteiger partial charge in [-0.05, 0) is 31.4 Å². The maximum absolute atomic E-state index is 11.8. The SMILES string of the molecule is CC(C)CCCC(C)NC(=NCC(=O)N(C)C)NCCc1ccco1.I. The number of hydrogen-bond donors (Lipinski definition) is 2. The summed E-state index contributed by atoms with van der Waals surface area (Å²) in [5.74, 6) is 2.32. The van der Waals surface area contributed by atoms with Crippen LogP contribution in [-0.2, 0) is 11.2 Å². The molecule has 2 N–H and O–H groups in total. The molecule has 1 heterocycles. The van der Waals surface area contributed by atoms with Crippen molar-refractivity contribution in [2.45, 2.75) is 52.5 Å². The van der Waals surface area contributed by atoms with Gasteiger partial charge in [0.05, 0.1) is 6.26 Å². The van der Waals surface area contributed by atoms with Crippen LogP contribution in [0.2, 0.25) is 0 Å². The Morgan fingerprint density at radius 2 is 2.00 bits per heavy atom. The van der Waals surface area contributed by atoms with Crippen molar-refractivity contribution in [2.75, 3.05) is 27.2 Å². The molecule has 1 aromatic heterocycles. The Balaban J connectivity index is 0.00000625. The minimum Gasteiger partial charge on any atom is -0.469 e. The summed E-state index contributed by atoms with van der Waals surface area (Å²) in [6.45, 7) is 7.48. The molecule has 1 atom stereocenters. The van der Waals surface area contributed by atoms with Crippen molar-refractivity contribution in [3.05, 3.63) is 24.2 Å². The standard InChI is InChI=1S/C19H34N4O2.HI/c1-15(2)8-6-9-16(3)22-19(21-14-18(24)23(4)5)20-12-11-17-10-7-13-25-17;/h7,10,13,15-16H,6,8-9,11-12,14H2,1-5H3,(H2,20,21,22);1H. The van der Waals surface area contributed by atoms with E-state index < -0.39 is 0 Å². The molecule has 0 aliphatic rings. The zero-order chi connectivity index (χ0) is 18.7. The van der Waals surface area contributed by atoms with Crippen LogP contribution >= 0.6 is 24.0 Å². The first-order valence-corrected chi connectivity index (χ1v) is 9.16. The van der Waals surface area contributed by atoms with Gasteiger partial charge in [0.2, 0.25) is 5.91 Å². The summed E-state index contributed by atoms with van der Waals surface area (Å²) in [6.07, 6.45) is 5.94. The minimum absolute atomic E-state index is 0. The molecule has 26 heavy (non-hydrogen) atoms.